The highest BCUT2D eigenvalue weighted by Crippen LogP contribution is 2.30. The predicted molar refractivity (Wildman–Crippen MR) is 77.8 cm³/mol. The van der Waals surface area contributed by atoms with E-state index in [-0.39, 0.29) is 0 Å². The summed E-state index contributed by atoms with van der Waals surface area (Å²) in [5, 5.41) is 1.35. The van der Waals surface area contributed by atoms with Crippen LogP contribution in [-0.4, -0.2) is 17.0 Å². The summed E-state index contributed by atoms with van der Waals surface area (Å²) in [5.41, 5.74) is 2.02. The van der Waals surface area contributed by atoms with Crippen molar-refractivity contribution in [2.45, 2.75) is 19.3 Å². The maximum Gasteiger partial charge on any atom is 0.187 e. The maximum absolute atomic E-state index is 5.99. The number of hydrogen-bond donors (Lipinski definition) is 0. The number of thiazole rings is 1. The van der Waals surface area contributed by atoms with E-state index in [2.05, 4.69) is 9.97 Å². The molecular weight excluding hydrogens is 289 g/mol. The maximum atomic E-state index is 5.99. The van der Waals surface area contributed by atoms with Gasteiger partial charge in [-0.25, -0.2) is 4.98 Å². The monoisotopic (exact) mass is 301 g/mol. The fourth-order valence-electron chi connectivity index (χ4n) is 1.57. The number of aryl methyl sites for hydroxylation is 1. The molecule has 2 aromatic heterocycles. The number of alkyl halides is 1. The lowest BCUT2D eigenvalue weighted by Crippen LogP contribution is -2.17. The summed E-state index contributed by atoms with van der Waals surface area (Å²) in [6.45, 7) is 2.68. The number of aromatic nitrogens is 2. The van der Waals surface area contributed by atoms with Crippen LogP contribution in [-0.2, 0) is 12.4 Å². The first-order valence-corrected chi connectivity index (χ1v) is 7.18. The minimum atomic E-state index is 0.396. The standard InChI is InChI=1S/C12H13Cl2N3S/c1-8-4-3-5-9(15-8)7-17(2)12-16-11(14)10(6-13)18-12/h3-5H,6-7H2,1-2H3. The van der Waals surface area contributed by atoms with Crippen molar-refractivity contribution in [1.82, 2.24) is 9.97 Å². The zero-order chi connectivity index (χ0) is 13.1. The molecule has 18 heavy (non-hydrogen) atoms. The number of hydrogen-bond acceptors (Lipinski definition) is 4. The van der Waals surface area contributed by atoms with Gasteiger partial charge in [-0.3, -0.25) is 4.98 Å². The molecule has 0 unspecified atom stereocenters. The van der Waals surface area contributed by atoms with Crippen LogP contribution in [0.15, 0.2) is 18.2 Å². The van der Waals surface area contributed by atoms with Crippen molar-refractivity contribution in [3.63, 3.8) is 0 Å². The first-order chi connectivity index (χ1) is 8.60. The van der Waals surface area contributed by atoms with Crippen LogP contribution >= 0.6 is 34.5 Å². The Morgan fingerprint density at radius 2 is 2.11 bits per heavy atom. The normalized spacial score (nSPS) is 10.7. The lowest BCUT2D eigenvalue weighted by Gasteiger charge is -2.15. The number of anilines is 1. The van der Waals surface area contributed by atoms with E-state index in [0.717, 1.165) is 21.4 Å². The summed E-state index contributed by atoms with van der Waals surface area (Å²) in [6.07, 6.45) is 0. The molecule has 2 heterocycles. The van der Waals surface area contributed by atoms with Gasteiger partial charge in [0.1, 0.15) is 5.15 Å². The molecule has 96 valence electrons. The smallest absolute Gasteiger partial charge is 0.187 e. The molecule has 0 amide bonds. The number of halogens is 2. The third-order valence-corrected chi connectivity index (χ3v) is 4.45. The molecular formula is C12H13Cl2N3S. The third kappa shape index (κ3) is 3.13. The van der Waals surface area contributed by atoms with Crippen molar-refractivity contribution in [1.29, 1.82) is 0 Å². The topological polar surface area (TPSA) is 29.0 Å². The van der Waals surface area contributed by atoms with Crippen molar-refractivity contribution in [3.05, 3.63) is 39.6 Å². The highest BCUT2D eigenvalue weighted by molar-refractivity contribution is 7.16. The van der Waals surface area contributed by atoms with Crippen LogP contribution in [0.2, 0.25) is 5.15 Å². The summed E-state index contributed by atoms with van der Waals surface area (Å²) in [7, 11) is 1.97. The van der Waals surface area contributed by atoms with Crippen molar-refractivity contribution in [2.75, 3.05) is 11.9 Å². The van der Waals surface area contributed by atoms with Gasteiger partial charge in [-0.2, -0.15) is 0 Å². The Bertz CT molecular complexity index is 542. The molecule has 0 bridgehead atoms. The summed E-state index contributed by atoms with van der Waals surface area (Å²) in [6, 6.07) is 5.99. The van der Waals surface area contributed by atoms with Gasteiger partial charge in [-0.05, 0) is 19.1 Å². The van der Waals surface area contributed by atoms with E-state index in [9.17, 15) is 0 Å². The van der Waals surface area contributed by atoms with Crippen LogP contribution in [0.1, 0.15) is 16.3 Å². The Balaban J connectivity index is 2.13. The zero-order valence-electron chi connectivity index (χ0n) is 10.2. The number of pyridine rings is 1. The van der Waals surface area contributed by atoms with E-state index < -0.39 is 0 Å². The van der Waals surface area contributed by atoms with Gasteiger partial charge in [-0.1, -0.05) is 29.0 Å². The molecule has 0 aromatic carbocycles. The zero-order valence-corrected chi connectivity index (χ0v) is 12.5. The Labute approximate surface area is 120 Å². The largest absolute Gasteiger partial charge is 0.345 e. The molecule has 0 saturated heterocycles. The van der Waals surface area contributed by atoms with Crippen LogP contribution in [0.5, 0.6) is 0 Å². The average molecular weight is 302 g/mol. The Kier molecular flexibility index (Phi) is 4.43. The van der Waals surface area contributed by atoms with E-state index in [1.165, 1.54) is 11.3 Å². The number of rotatable bonds is 4. The molecule has 2 aromatic rings. The Hall–Kier alpha value is -0.840. The lowest BCUT2D eigenvalue weighted by atomic mass is 10.3. The summed E-state index contributed by atoms with van der Waals surface area (Å²) in [4.78, 5) is 11.7. The predicted octanol–water partition coefficient (Wildman–Crippen LogP) is 3.88. The van der Waals surface area contributed by atoms with E-state index in [1.54, 1.807) is 0 Å². The molecule has 0 saturated carbocycles. The molecule has 3 nitrogen and oxygen atoms in total. The van der Waals surface area contributed by atoms with Gasteiger partial charge >= 0.3 is 0 Å². The molecule has 0 fully saturated rings. The second kappa shape index (κ2) is 5.87. The highest BCUT2D eigenvalue weighted by Gasteiger charge is 2.12. The average Bonchev–Trinajstić information content (AvgIpc) is 2.70. The minimum absolute atomic E-state index is 0.396. The van der Waals surface area contributed by atoms with Gasteiger partial charge in [-0.15, -0.1) is 11.6 Å². The molecule has 0 aliphatic rings. The van der Waals surface area contributed by atoms with Gasteiger partial charge < -0.3 is 4.90 Å². The van der Waals surface area contributed by atoms with E-state index in [1.807, 2.05) is 37.1 Å². The lowest BCUT2D eigenvalue weighted by molar-refractivity contribution is 0.871. The molecule has 0 radical (unpaired) electrons. The quantitative estimate of drug-likeness (QED) is 0.803. The second-order valence-electron chi connectivity index (χ2n) is 3.97. The van der Waals surface area contributed by atoms with E-state index >= 15 is 0 Å². The van der Waals surface area contributed by atoms with Crippen molar-refractivity contribution in [2.24, 2.45) is 0 Å². The second-order valence-corrected chi connectivity index (χ2v) is 5.66. The van der Waals surface area contributed by atoms with Gasteiger partial charge in [0.15, 0.2) is 5.13 Å². The molecule has 0 aliphatic heterocycles. The molecule has 0 atom stereocenters. The molecule has 0 N–H and O–H groups in total. The summed E-state index contributed by atoms with van der Waals surface area (Å²) < 4.78 is 0. The van der Waals surface area contributed by atoms with Crippen LogP contribution in [0.4, 0.5) is 5.13 Å². The SMILES string of the molecule is Cc1cccc(CN(C)c2nc(Cl)c(CCl)s2)n1. The number of nitrogens with zero attached hydrogens (tertiary/aromatic N) is 3. The highest BCUT2D eigenvalue weighted by atomic mass is 35.5. The fraction of sp³-hybridized carbons (Fsp3) is 0.333. The summed E-state index contributed by atoms with van der Waals surface area (Å²) >= 11 is 13.3. The Morgan fingerprint density at radius 3 is 2.72 bits per heavy atom. The van der Waals surface area contributed by atoms with Crippen molar-refractivity contribution >= 4 is 39.7 Å². The van der Waals surface area contributed by atoms with Gasteiger partial charge in [0, 0.05) is 12.7 Å². The van der Waals surface area contributed by atoms with Gasteiger partial charge in [0.2, 0.25) is 0 Å². The minimum Gasteiger partial charge on any atom is -0.345 e. The molecule has 0 aliphatic carbocycles. The van der Waals surface area contributed by atoms with Crippen molar-refractivity contribution < 1.29 is 0 Å². The van der Waals surface area contributed by atoms with Gasteiger partial charge in [0.25, 0.3) is 0 Å². The summed E-state index contributed by atoms with van der Waals surface area (Å²) in [5.74, 6) is 0.396. The van der Waals surface area contributed by atoms with Crippen LogP contribution in [0, 0.1) is 6.92 Å². The van der Waals surface area contributed by atoms with Gasteiger partial charge in [0.05, 0.1) is 23.0 Å². The molecule has 6 heteroatoms. The third-order valence-electron chi connectivity index (χ3n) is 2.43. The molecule has 0 spiro atoms. The van der Waals surface area contributed by atoms with Crippen molar-refractivity contribution in [3.8, 4) is 0 Å². The Morgan fingerprint density at radius 1 is 1.33 bits per heavy atom. The van der Waals surface area contributed by atoms with Crippen LogP contribution in [0.25, 0.3) is 0 Å². The van der Waals surface area contributed by atoms with E-state index in [4.69, 9.17) is 23.2 Å². The van der Waals surface area contributed by atoms with Crippen LogP contribution < -0.4 is 4.90 Å². The van der Waals surface area contributed by atoms with E-state index in [0.29, 0.717) is 17.6 Å². The fourth-order valence-corrected chi connectivity index (χ4v) is 3.00. The van der Waals surface area contributed by atoms with Crippen LogP contribution in [0.3, 0.4) is 0 Å². The first kappa shape index (κ1) is 13.6. The first-order valence-electron chi connectivity index (χ1n) is 5.45. The molecule has 2 rings (SSSR count).